The molecular formula is C15H25N3. The van der Waals surface area contributed by atoms with Crippen LogP contribution in [0.15, 0.2) is 18.5 Å². The van der Waals surface area contributed by atoms with E-state index in [1.54, 1.807) is 0 Å². The lowest BCUT2D eigenvalue weighted by atomic mass is 9.92. The summed E-state index contributed by atoms with van der Waals surface area (Å²) in [6.45, 7) is 7.88. The molecule has 1 unspecified atom stereocenters. The highest BCUT2D eigenvalue weighted by Gasteiger charge is 2.30. The maximum atomic E-state index is 4.29. The van der Waals surface area contributed by atoms with E-state index in [0.29, 0.717) is 11.5 Å². The summed E-state index contributed by atoms with van der Waals surface area (Å²) >= 11 is 0. The topological polar surface area (TPSA) is 37.0 Å². The molecule has 0 saturated heterocycles. The average Bonchev–Trinajstić information content (AvgIpc) is 2.66. The van der Waals surface area contributed by atoms with Crippen molar-refractivity contribution in [2.75, 3.05) is 17.2 Å². The number of pyridine rings is 1. The monoisotopic (exact) mass is 247 g/mol. The molecule has 3 nitrogen and oxygen atoms in total. The maximum Gasteiger partial charge on any atom is 0.0549 e. The summed E-state index contributed by atoms with van der Waals surface area (Å²) in [4.78, 5) is 4.29. The van der Waals surface area contributed by atoms with Crippen molar-refractivity contribution in [2.45, 2.75) is 52.5 Å². The fourth-order valence-electron chi connectivity index (χ4n) is 2.68. The molecule has 0 amide bonds. The molecule has 2 rings (SSSR count). The second kappa shape index (κ2) is 5.59. The van der Waals surface area contributed by atoms with Crippen molar-refractivity contribution in [3.63, 3.8) is 0 Å². The third kappa shape index (κ3) is 3.62. The third-order valence-electron chi connectivity index (χ3n) is 3.66. The number of rotatable bonds is 5. The van der Waals surface area contributed by atoms with Gasteiger partial charge >= 0.3 is 0 Å². The fourth-order valence-corrected chi connectivity index (χ4v) is 2.68. The molecule has 100 valence electrons. The minimum Gasteiger partial charge on any atom is -0.384 e. The lowest BCUT2D eigenvalue weighted by molar-refractivity contribution is 0.378. The number of aromatic nitrogens is 1. The lowest BCUT2D eigenvalue weighted by Crippen LogP contribution is -2.17. The Hall–Kier alpha value is -1.25. The minimum atomic E-state index is 0.489. The standard InChI is InChI=1S/C15H25N3/c1-4-7-17-13-8-14(11-16-10-13)18-12-5-6-15(2,3)9-12/h8,10-12,17-18H,4-7,9H2,1-3H3. The fraction of sp³-hybridized carbons (Fsp3) is 0.667. The predicted molar refractivity (Wildman–Crippen MR) is 78.1 cm³/mol. The smallest absolute Gasteiger partial charge is 0.0549 e. The average molecular weight is 247 g/mol. The highest BCUT2D eigenvalue weighted by Crippen LogP contribution is 2.38. The van der Waals surface area contributed by atoms with Crippen LogP contribution in [-0.2, 0) is 0 Å². The van der Waals surface area contributed by atoms with Gasteiger partial charge in [-0.15, -0.1) is 0 Å². The van der Waals surface area contributed by atoms with Gasteiger partial charge in [-0.1, -0.05) is 20.8 Å². The van der Waals surface area contributed by atoms with Crippen molar-refractivity contribution in [3.05, 3.63) is 18.5 Å². The minimum absolute atomic E-state index is 0.489. The molecule has 0 aromatic carbocycles. The van der Waals surface area contributed by atoms with Crippen LogP contribution in [0, 0.1) is 5.41 Å². The number of hydrogen-bond donors (Lipinski definition) is 2. The molecule has 1 fully saturated rings. The van der Waals surface area contributed by atoms with E-state index in [1.807, 2.05) is 12.4 Å². The summed E-state index contributed by atoms with van der Waals surface area (Å²) in [5.74, 6) is 0. The van der Waals surface area contributed by atoms with Gasteiger partial charge in [0.25, 0.3) is 0 Å². The highest BCUT2D eigenvalue weighted by molar-refractivity contribution is 5.54. The Morgan fingerprint density at radius 3 is 2.78 bits per heavy atom. The molecule has 1 heterocycles. The molecule has 0 radical (unpaired) electrons. The third-order valence-corrected chi connectivity index (χ3v) is 3.66. The molecule has 1 aliphatic rings. The van der Waals surface area contributed by atoms with Gasteiger partial charge in [0, 0.05) is 12.6 Å². The van der Waals surface area contributed by atoms with Crippen LogP contribution in [-0.4, -0.2) is 17.6 Å². The largest absolute Gasteiger partial charge is 0.384 e. The molecule has 1 atom stereocenters. The molecule has 1 saturated carbocycles. The van der Waals surface area contributed by atoms with Crippen LogP contribution in [0.2, 0.25) is 0 Å². The Bertz CT molecular complexity index is 387. The van der Waals surface area contributed by atoms with E-state index in [-0.39, 0.29) is 0 Å². The molecule has 1 aliphatic carbocycles. The van der Waals surface area contributed by atoms with Gasteiger partial charge in [-0.25, -0.2) is 0 Å². The van der Waals surface area contributed by atoms with E-state index in [4.69, 9.17) is 0 Å². The number of nitrogens with zero attached hydrogens (tertiary/aromatic N) is 1. The zero-order valence-corrected chi connectivity index (χ0v) is 11.8. The molecule has 18 heavy (non-hydrogen) atoms. The van der Waals surface area contributed by atoms with Crippen molar-refractivity contribution in [1.29, 1.82) is 0 Å². The van der Waals surface area contributed by atoms with E-state index < -0.39 is 0 Å². The van der Waals surface area contributed by atoms with Crippen molar-refractivity contribution < 1.29 is 0 Å². The predicted octanol–water partition coefficient (Wildman–Crippen LogP) is 3.89. The second-order valence-corrected chi connectivity index (χ2v) is 6.14. The van der Waals surface area contributed by atoms with Gasteiger partial charge in [-0.3, -0.25) is 4.98 Å². The van der Waals surface area contributed by atoms with Crippen molar-refractivity contribution in [3.8, 4) is 0 Å². The van der Waals surface area contributed by atoms with E-state index in [9.17, 15) is 0 Å². The molecule has 1 aromatic heterocycles. The zero-order chi connectivity index (χ0) is 13.0. The van der Waals surface area contributed by atoms with Gasteiger partial charge in [0.2, 0.25) is 0 Å². The summed E-state index contributed by atoms with van der Waals surface area (Å²) in [5.41, 5.74) is 2.74. The summed E-state index contributed by atoms with van der Waals surface area (Å²) in [6, 6.07) is 2.76. The van der Waals surface area contributed by atoms with Gasteiger partial charge in [-0.05, 0) is 37.2 Å². The lowest BCUT2D eigenvalue weighted by Gasteiger charge is -2.18. The zero-order valence-electron chi connectivity index (χ0n) is 11.8. The summed E-state index contributed by atoms with van der Waals surface area (Å²) in [5, 5.41) is 6.98. The molecule has 2 N–H and O–H groups in total. The SMILES string of the molecule is CCCNc1cncc(NC2CCC(C)(C)C2)c1. The highest BCUT2D eigenvalue weighted by atomic mass is 15.0. The van der Waals surface area contributed by atoms with Gasteiger partial charge in [0.15, 0.2) is 0 Å². The Labute approximate surface area is 110 Å². The summed E-state index contributed by atoms with van der Waals surface area (Å²) in [7, 11) is 0. The second-order valence-electron chi connectivity index (χ2n) is 6.14. The number of hydrogen-bond acceptors (Lipinski definition) is 3. The number of anilines is 2. The van der Waals surface area contributed by atoms with Crippen LogP contribution in [0.25, 0.3) is 0 Å². The Morgan fingerprint density at radius 2 is 2.11 bits per heavy atom. The molecule has 0 spiro atoms. The van der Waals surface area contributed by atoms with E-state index in [1.165, 1.54) is 19.3 Å². The van der Waals surface area contributed by atoms with Crippen LogP contribution in [0.3, 0.4) is 0 Å². The van der Waals surface area contributed by atoms with E-state index in [2.05, 4.69) is 42.5 Å². The Kier molecular flexibility index (Phi) is 4.10. The maximum absolute atomic E-state index is 4.29. The normalized spacial score (nSPS) is 21.8. The van der Waals surface area contributed by atoms with E-state index in [0.717, 1.165) is 24.3 Å². The van der Waals surface area contributed by atoms with E-state index >= 15 is 0 Å². The van der Waals surface area contributed by atoms with Crippen LogP contribution in [0.4, 0.5) is 11.4 Å². The van der Waals surface area contributed by atoms with Crippen LogP contribution >= 0.6 is 0 Å². The van der Waals surface area contributed by atoms with Gasteiger partial charge in [-0.2, -0.15) is 0 Å². The Balaban J connectivity index is 1.93. The first-order valence-electron chi connectivity index (χ1n) is 7.04. The molecular weight excluding hydrogens is 222 g/mol. The summed E-state index contributed by atoms with van der Waals surface area (Å²) < 4.78 is 0. The first-order chi connectivity index (χ1) is 8.59. The molecule has 1 aromatic rings. The number of nitrogens with one attached hydrogen (secondary N) is 2. The summed E-state index contributed by atoms with van der Waals surface area (Å²) in [6.07, 6.45) is 8.77. The van der Waals surface area contributed by atoms with Gasteiger partial charge in [0.1, 0.15) is 0 Å². The molecule has 3 heteroatoms. The first-order valence-corrected chi connectivity index (χ1v) is 7.04. The van der Waals surface area contributed by atoms with Gasteiger partial charge in [0.05, 0.1) is 23.8 Å². The van der Waals surface area contributed by atoms with Crippen molar-refractivity contribution in [1.82, 2.24) is 4.98 Å². The molecule has 0 aliphatic heterocycles. The van der Waals surface area contributed by atoms with Crippen molar-refractivity contribution in [2.24, 2.45) is 5.41 Å². The van der Waals surface area contributed by atoms with Crippen molar-refractivity contribution >= 4 is 11.4 Å². The quantitative estimate of drug-likeness (QED) is 0.828. The van der Waals surface area contributed by atoms with Crippen LogP contribution in [0.1, 0.15) is 46.5 Å². The first kappa shape index (κ1) is 13.2. The van der Waals surface area contributed by atoms with Crippen LogP contribution in [0.5, 0.6) is 0 Å². The molecule has 0 bridgehead atoms. The van der Waals surface area contributed by atoms with Gasteiger partial charge < -0.3 is 10.6 Å². The van der Waals surface area contributed by atoms with Crippen LogP contribution < -0.4 is 10.6 Å². The Morgan fingerprint density at radius 1 is 1.33 bits per heavy atom.